The van der Waals surface area contributed by atoms with Gasteiger partial charge in [-0.05, 0) is 65.8 Å². The van der Waals surface area contributed by atoms with Crippen LogP contribution in [0.2, 0.25) is 0 Å². The largest absolute Gasteiger partial charge is 0.206 e. The molecule has 0 heterocycles. The predicted molar refractivity (Wildman–Crippen MR) is 82.2 cm³/mol. The van der Waals surface area contributed by atoms with E-state index < -0.39 is 17.5 Å². The Bertz CT molecular complexity index is 837. The molecule has 0 saturated heterocycles. The SMILES string of the molecule is CCc1cc(F)c(C2=CCc3cc(C#N)c(F)cc3C2)c(F)c1. The van der Waals surface area contributed by atoms with E-state index in [0.29, 0.717) is 29.5 Å². The molecule has 0 aromatic heterocycles. The number of rotatable bonds is 2. The van der Waals surface area contributed by atoms with Crippen molar-refractivity contribution in [2.75, 3.05) is 0 Å². The Morgan fingerprint density at radius 2 is 1.70 bits per heavy atom. The van der Waals surface area contributed by atoms with Crippen molar-refractivity contribution in [3.63, 3.8) is 0 Å². The van der Waals surface area contributed by atoms with Gasteiger partial charge < -0.3 is 0 Å². The first-order valence-corrected chi connectivity index (χ1v) is 7.42. The van der Waals surface area contributed by atoms with Crippen LogP contribution < -0.4 is 0 Å². The molecule has 0 N–H and O–H groups in total. The van der Waals surface area contributed by atoms with Crippen LogP contribution in [0.4, 0.5) is 13.2 Å². The summed E-state index contributed by atoms with van der Waals surface area (Å²) in [4.78, 5) is 0. The number of aryl methyl sites for hydroxylation is 1. The Kier molecular flexibility index (Phi) is 3.96. The van der Waals surface area contributed by atoms with Crippen molar-refractivity contribution in [2.24, 2.45) is 0 Å². The first-order valence-electron chi connectivity index (χ1n) is 7.42. The van der Waals surface area contributed by atoms with Gasteiger partial charge in [-0.15, -0.1) is 0 Å². The lowest BCUT2D eigenvalue weighted by atomic mass is 9.86. The van der Waals surface area contributed by atoms with Crippen molar-refractivity contribution in [1.29, 1.82) is 5.26 Å². The highest BCUT2D eigenvalue weighted by Gasteiger charge is 2.20. The van der Waals surface area contributed by atoms with E-state index in [1.807, 2.05) is 6.92 Å². The third kappa shape index (κ3) is 2.75. The van der Waals surface area contributed by atoms with Gasteiger partial charge in [0.25, 0.3) is 0 Å². The quantitative estimate of drug-likeness (QED) is 0.787. The summed E-state index contributed by atoms with van der Waals surface area (Å²) in [5.74, 6) is -1.79. The highest BCUT2D eigenvalue weighted by Crippen LogP contribution is 2.32. The Morgan fingerprint density at radius 3 is 2.30 bits per heavy atom. The molecule has 4 heteroatoms. The summed E-state index contributed by atoms with van der Waals surface area (Å²) in [6, 6.07) is 7.28. The fourth-order valence-electron chi connectivity index (χ4n) is 2.94. The molecule has 0 radical (unpaired) electrons. The molecule has 2 aromatic carbocycles. The van der Waals surface area contributed by atoms with Crippen LogP contribution in [0, 0.1) is 28.8 Å². The molecule has 3 rings (SSSR count). The van der Waals surface area contributed by atoms with Crippen molar-refractivity contribution < 1.29 is 13.2 Å². The van der Waals surface area contributed by atoms with E-state index in [1.165, 1.54) is 24.3 Å². The summed E-state index contributed by atoms with van der Waals surface area (Å²) in [6.07, 6.45) is 2.97. The Labute approximate surface area is 132 Å². The number of allylic oxidation sites excluding steroid dienone is 2. The maximum Gasteiger partial charge on any atom is 0.141 e. The van der Waals surface area contributed by atoms with Gasteiger partial charge in [-0.25, -0.2) is 13.2 Å². The van der Waals surface area contributed by atoms with Gasteiger partial charge in [-0.1, -0.05) is 13.0 Å². The van der Waals surface area contributed by atoms with Crippen LogP contribution in [-0.2, 0) is 19.3 Å². The molecule has 0 unspecified atom stereocenters. The zero-order chi connectivity index (χ0) is 16.6. The van der Waals surface area contributed by atoms with Crippen LogP contribution in [0.25, 0.3) is 5.57 Å². The van der Waals surface area contributed by atoms with E-state index >= 15 is 0 Å². The molecule has 23 heavy (non-hydrogen) atoms. The molecular formula is C19H14F3N. The number of benzene rings is 2. The molecule has 2 aromatic rings. The van der Waals surface area contributed by atoms with E-state index in [4.69, 9.17) is 5.26 Å². The Balaban J connectivity index is 2.02. The van der Waals surface area contributed by atoms with Gasteiger partial charge >= 0.3 is 0 Å². The molecule has 116 valence electrons. The highest BCUT2D eigenvalue weighted by atomic mass is 19.1. The summed E-state index contributed by atoms with van der Waals surface area (Å²) in [5, 5.41) is 8.87. The second kappa shape index (κ2) is 5.92. The molecule has 0 bridgehead atoms. The maximum atomic E-state index is 14.3. The van der Waals surface area contributed by atoms with Gasteiger partial charge in [-0.3, -0.25) is 0 Å². The first-order chi connectivity index (χ1) is 11.0. The maximum absolute atomic E-state index is 14.3. The number of fused-ring (bicyclic) bond motifs is 1. The lowest BCUT2D eigenvalue weighted by Crippen LogP contribution is -2.07. The lowest BCUT2D eigenvalue weighted by Gasteiger charge is -2.19. The minimum atomic E-state index is -0.602. The van der Waals surface area contributed by atoms with Crippen molar-refractivity contribution in [3.05, 3.63) is 75.6 Å². The zero-order valence-electron chi connectivity index (χ0n) is 12.6. The fourth-order valence-corrected chi connectivity index (χ4v) is 2.94. The molecular weight excluding hydrogens is 299 g/mol. The average Bonchev–Trinajstić information content (AvgIpc) is 2.53. The third-order valence-corrected chi connectivity index (χ3v) is 4.19. The van der Waals surface area contributed by atoms with Crippen molar-refractivity contribution in [2.45, 2.75) is 26.2 Å². The Morgan fingerprint density at radius 1 is 1.00 bits per heavy atom. The molecule has 0 saturated carbocycles. The van der Waals surface area contributed by atoms with Crippen LogP contribution in [0.3, 0.4) is 0 Å². The fraction of sp³-hybridized carbons (Fsp3) is 0.211. The number of nitriles is 1. The zero-order valence-corrected chi connectivity index (χ0v) is 12.6. The van der Waals surface area contributed by atoms with E-state index in [0.717, 1.165) is 5.56 Å². The normalized spacial score (nSPS) is 13.3. The second-order valence-electron chi connectivity index (χ2n) is 5.61. The smallest absolute Gasteiger partial charge is 0.141 e. The standard InChI is InChI=1S/C19H14F3N/c1-2-11-5-17(21)19(18(22)6-11)13-4-3-12-7-15(10-23)16(20)9-14(12)8-13/h4-7,9H,2-3,8H2,1H3. The van der Waals surface area contributed by atoms with Gasteiger partial charge in [0.05, 0.1) is 5.56 Å². The molecule has 0 amide bonds. The molecule has 0 spiro atoms. The first kappa shape index (κ1) is 15.4. The molecule has 0 fully saturated rings. The molecule has 0 atom stereocenters. The van der Waals surface area contributed by atoms with E-state index in [-0.39, 0.29) is 17.5 Å². The van der Waals surface area contributed by atoms with Crippen molar-refractivity contribution in [3.8, 4) is 6.07 Å². The number of nitrogens with zero attached hydrogens (tertiary/aromatic N) is 1. The van der Waals surface area contributed by atoms with Crippen LogP contribution in [0.15, 0.2) is 30.3 Å². The summed E-state index contributed by atoms with van der Waals surface area (Å²) in [7, 11) is 0. The predicted octanol–water partition coefficient (Wildman–Crippen LogP) is 4.72. The minimum absolute atomic E-state index is 0.00902. The van der Waals surface area contributed by atoms with Gasteiger partial charge in [0.15, 0.2) is 0 Å². The average molecular weight is 313 g/mol. The van der Waals surface area contributed by atoms with Gasteiger partial charge in [0.2, 0.25) is 0 Å². The second-order valence-corrected chi connectivity index (χ2v) is 5.61. The van der Waals surface area contributed by atoms with Gasteiger partial charge in [-0.2, -0.15) is 5.26 Å². The molecule has 1 aliphatic carbocycles. The van der Waals surface area contributed by atoms with Crippen molar-refractivity contribution >= 4 is 5.57 Å². The van der Waals surface area contributed by atoms with E-state index in [1.54, 1.807) is 12.1 Å². The minimum Gasteiger partial charge on any atom is -0.206 e. The highest BCUT2D eigenvalue weighted by molar-refractivity contribution is 5.72. The van der Waals surface area contributed by atoms with Gasteiger partial charge in [0, 0.05) is 5.56 Å². The molecule has 1 aliphatic rings. The topological polar surface area (TPSA) is 23.8 Å². The van der Waals surface area contributed by atoms with Crippen molar-refractivity contribution in [1.82, 2.24) is 0 Å². The number of hydrogen-bond donors (Lipinski definition) is 0. The van der Waals surface area contributed by atoms with Crippen LogP contribution >= 0.6 is 0 Å². The molecule has 1 nitrogen and oxygen atoms in total. The van der Waals surface area contributed by atoms with Crippen LogP contribution in [0.1, 0.15) is 34.7 Å². The van der Waals surface area contributed by atoms with E-state index in [9.17, 15) is 13.2 Å². The summed E-state index contributed by atoms with van der Waals surface area (Å²) in [5.41, 5.74) is 2.54. The monoisotopic (exact) mass is 313 g/mol. The number of halogens is 3. The van der Waals surface area contributed by atoms with Crippen LogP contribution in [-0.4, -0.2) is 0 Å². The number of hydrogen-bond acceptors (Lipinski definition) is 1. The summed E-state index contributed by atoms with van der Waals surface area (Å²) >= 11 is 0. The summed E-state index contributed by atoms with van der Waals surface area (Å²) in [6.45, 7) is 1.83. The van der Waals surface area contributed by atoms with Gasteiger partial charge in [0.1, 0.15) is 23.5 Å². The lowest BCUT2D eigenvalue weighted by molar-refractivity contribution is 0.572. The van der Waals surface area contributed by atoms with E-state index in [2.05, 4.69) is 0 Å². The third-order valence-electron chi connectivity index (χ3n) is 4.19. The Hall–Kier alpha value is -2.54. The molecule has 0 aliphatic heterocycles. The van der Waals surface area contributed by atoms with Crippen LogP contribution in [0.5, 0.6) is 0 Å². The summed E-state index contributed by atoms with van der Waals surface area (Å²) < 4.78 is 42.3.